The molecule has 3 nitrogen and oxygen atoms in total. The summed E-state index contributed by atoms with van der Waals surface area (Å²) in [4.78, 5) is 5.83. The van der Waals surface area contributed by atoms with Crippen LogP contribution in [-0.4, -0.2) is 21.8 Å². The molecular formula is C17H19N3S. The number of nitrogens with zero attached hydrogens (tertiary/aromatic N) is 2. The van der Waals surface area contributed by atoms with Gasteiger partial charge in [-0.05, 0) is 42.8 Å². The van der Waals surface area contributed by atoms with E-state index in [9.17, 15) is 0 Å². The minimum Gasteiger partial charge on any atom is -0.331 e. The summed E-state index contributed by atoms with van der Waals surface area (Å²) in [6.45, 7) is 1.63. The van der Waals surface area contributed by atoms with E-state index in [1.54, 1.807) is 0 Å². The van der Waals surface area contributed by atoms with Crippen molar-refractivity contribution in [3.8, 4) is 0 Å². The second kappa shape index (κ2) is 6.78. The second-order valence-corrected chi connectivity index (χ2v) is 6.09. The van der Waals surface area contributed by atoms with Gasteiger partial charge in [0.1, 0.15) is 5.65 Å². The molecule has 0 spiro atoms. The molecule has 3 aromatic rings. The molecule has 0 amide bonds. The number of aromatic nitrogens is 2. The predicted octanol–water partition coefficient (Wildman–Crippen LogP) is 3.33. The molecule has 0 aliphatic carbocycles. The van der Waals surface area contributed by atoms with E-state index < -0.39 is 0 Å². The Morgan fingerprint density at radius 3 is 2.76 bits per heavy atom. The van der Waals surface area contributed by atoms with Gasteiger partial charge < -0.3 is 10.3 Å². The summed E-state index contributed by atoms with van der Waals surface area (Å²) in [6, 6.07) is 14.6. The van der Waals surface area contributed by atoms with Crippen LogP contribution < -0.4 is 5.73 Å². The van der Waals surface area contributed by atoms with E-state index in [1.807, 2.05) is 30.1 Å². The van der Waals surface area contributed by atoms with E-state index in [-0.39, 0.29) is 0 Å². The zero-order valence-corrected chi connectivity index (χ0v) is 12.7. The topological polar surface area (TPSA) is 43.8 Å². The van der Waals surface area contributed by atoms with Gasteiger partial charge in [-0.2, -0.15) is 0 Å². The van der Waals surface area contributed by atoms with Crippen LogP contribution in [0.4, 0.5) is 0 Å². The van der Waals surface area contributed by atoms with Gasteiger partial charge in [0.05, 0.1) is 0 Å². The van der Waals surface area contributed by atoms with Gasteiger partial charge in [-0.1, -0.05) is 18.2 Å². The summed E-state index contributed by atoms with van der Waals surface area (Å²) in [5.74, 6) is 1.03. The lowest BCUT2D eigenvalue weighted by Gasteiger charge is -2.04. The molecule has 0 radical (unpaired) electrons. The van der Waals surface area contributed by atoms with Gasteiger partial charge in [0.25, 0.3) is 0 Å². The summed E-state index contributed by atoms with van der Waals surface area (Å²) in [7, 11) is 0. The molecule has 0 saturated heterocycles. The lowest BCUT2D eigenvalue weighted by Crippen LogP contribution is -2.02. The second-order valence-electron chi connectivity index (χ2n) is 4.92. The predicted molar refractivity (Wildman–Crippen MR) is 89.7 cm³/mol. The van der Waals surface area contributed by atoms with Crippen LogP contribution in [-0.2, 0) is 13.0 Å². The quantitative estimate of drug-likeness (QED) is 0.710. The van der Waals surface area contributed by atoms with Crippen LogP contribution in [0.3, 0.4) is 0 Å². The number of hydrogen-bond acceptors (Lipinski definition) is 3. The molecule has 2 heterocycles. The van der Waals surface area contributed by atoms with Crippen molar-refractivity contribution < 1.29 is 0 Å². The fraction of sp³-hybridized carbons (Fsp3) is 0.235. The number of pyridine rings is 1. The normalized spacial score (nSPS) is 11.1. The van der Waals surface area contributed by atoms with Crippen molar-refractivity contribution in [2.24, 2.45) is 5.73 Å². The zero-order chi connectivity index (χ0) is 14.5. The molecule has 108 valence electrons. The Labute approximate surface area is 129 Å². The van der Waals surface area contributed by atoms with Gasteiger partial charge in [0.15, 0.2) is 0 Å². The van der Waals surface area contributed by atoms with Gasteiger partial charge in [-0.25, -0.2) is 4.98 Å². The SMILES string of the molecule is NCCc1cn(CCSc2ccccc2)c2ncccc12. The number of thioether (sulfide) groups is 1. The Morgan fingerprint density at radius 1 is 1.10 bits per heavy atom. The summed E-state index contributed by atoms with van der Waals surface area (Å²) in [5, 5.41) is 1.23. The minimum atomic E-state index is 0.673. The number of hydrogen-bond donors (Lipinski definition) is 1. The summed E-state index contributed by atoms with van der Waals surface area (Å²) < 4.78 is 2.25. The van der Waals surface area contributed by atoms with Crippen molar-refractivity contribution in [1.29, 1.82) is 0 Å². The fourth-order valence-electron chi connectivity index (χ4n) is 2.50. The molecule has 4 heteroatoms. The Balaban J connectivity index is 1.74. The molecule has 0 aliphatic heterocycles. The molecule has 0 saturated carbocycles. The lowest BCUT2D eigenvalue weighted by atomic mass is 10.2. The molecule has 0 aliphatic rings. The number of aryl methyl sites for hydroxylation is 1. The molecule has 0 fully saturated rings. The van der Waals surface area contributed by atoms with Gasteiger partial charge >= 0.3 is 0 Å². The maximum absolute atomic E-state index is 5.70. The van der Waals surface area contributed by atoms with Gasteiger partial charge in [-0.15, -0.1) is 11.8 Å². The lowest BCUT2D eigenvalue weighted by molar-refractivity contribution is 0.790. The average molecular weight is 297 g/mol. The standard InChI is InChI=1S/C17H19N3S/c18-9-8-14-13-20(17-16(14)7-4-10-19-17)11-12-21-15-5-2-1-3-6-15/h1-7,10,13H,8-9,11-12,18H2. The van der Waals surface area contributed by atoms with Gasteiger partial charge in [0.2, 0.25) is 0 Å². The van der Waals surface area contributed by atoms with E-state index in [4.69, 9.17) is 5.73 Å². The molecule has 2 aromatic heterocycles. The van der Waals surface area contributed by atoms with Crippen LogP contribution >= 0.6 is 11.8 Å². The third kappa shape index (κ3) is 3.28. The Morgan fingerprint density at radius 2 is 1.95 bits per heavy atom. The van der Waals surface area contributed by atoms with Crippen LogP contribution in [0.2, 0.25) is 0 Å². The van der Waals surface area contributed by atoms with Crippen LogP contribution in [0, 0.1) is 0 Å². The van der Waals surface area contributed by atoms with Crippen molar-refractivity contribution in [2.45, 2.75) is 17.9 Å². The Kier molecular flexibility index (Phi) is 4.58. The number of fused-ring (bicyclic) bond motifs is 1. The summed E-state index contributed by atoms with van der Waals surface area (Å²) >= 11 is 1.87. The number of benzene rings is 1. The molecule has 21 heavy (non-hydrogen) atoms. The molecule has 0 unspecified atom stereocenters. The Bertz CT molecular complexity index is 706. The first-order valence-electron chi connectivity index (χ1n) is 7.19. The first kappa shape index (κ1) is 14.2. The van der Waals surface area contributed by atoms with Gasteiger partial charge in [0, 0.05) is 35.0 Å². The van der Waals surface area contributed by atoms with Crippen molar-refractivity contribution in [1.82, 2.24) is 9.55 Å². The van der Waals surface area contributed by atoms with E-state index >= 15 is 0 Å². The molecule has 0 atom stereocenters. The molecule has 2 N–H and O–H groups in total. The highest BCUT2D eigenvalue weighted by Gasteiger charge is 2.08. The van der Waals surface area contributed by atoms with Gasteiger partial charge in [-0.3, -0.25) is 0 Å². The van der Waals surface area contributed by atoms with Crippen molar-refractivity contribution >= 4 is 22.8 Å². The Hall–Kier alpha value is -1.78. The van der Waals surface area contributed by atoms with Crippen molar-refractivity contribution in [3.63, 3.8) is 0 Å². The molecule has 0 bridgehead atoms. The molecule has 3 rings (SSSR count). The van der Waals surface area contributed by atoms with Crippen LogP contribution in [0.5, 0.6) is 0 Å². The first-order valence-corrected chi connectivity index (χ1v) is 8.17. The summed E-state index contributed by atoms with van der Waals surface area (Å²) in [5.41, 5.74) is 8.06. The third-order valence-electron chi connectivity index (χ3n) is 3.47. The van der Waals surface area contributed by atoms with Crippen molar-refractivity contribution in [2.75, 3.05) is 12.3 Å². The van der Waals surface area contributed by atoms with Crippen molar-refractivity contribution in [3.05, 3.63) is 60.4 Å². The first-order chi connectivity index (χ1) is 10.4. The number of nitrogens with two attached hydrogens (primary N) is 1. The van der Waals surface area contributed by atoms with E-state index in [2.05, 4.69) is 46.1 Å². The van der Waals surface area contributed by atoms with E-state index in [0.29, 0.717) is 6.54 Å². The smallest absolute Gasteiger partial charge is 0.140 e. The monoisotopic (exact) mass is 297 g/mol. The van der Waals surface area contributed by atoms with E-state index in [0.717, 1.165) is 24.4 Å². The average Bonchev–Trinajstić information content (AvgIpc) is 2.87. The minimum absolute atomic E-state index is 0.673. The summed E-state index contributed by atoms with van der Waals surface area (Å²) in [6.07, 6.45) is 4.96. The van der Waals surface area contributed by atoms with Crippen LogP contribution in [0.1, 0.15) is 5.56 Å². The van der Waals surface area contributed by atoms with Crippen LogP contribution in [0.25, 0.3) is 11.0 Å². The highest BCUT2D eigenvalue weighted by atomic mass is 32.2. The number of rotatable bonds is 6. The maximum Gasteiger partial charge on any atom is 0.140 e. The fourth-order valence-corrected chi connectivity index (χ4v) is 3.37. The van der Waals surface area contributed by atoms with E-state index in [1.165, 1.54) is 15.8 Å². The maximum atomic E-state index is 5.70. The zero-order valence-electron chi connectivity index (χ0n) is 11.9. The molecular weight excluding hydrogens is 278 g/mol. The highest BCUT2D eigenvalue weighted by molar-refractivity contribution is 7.99. The third-order valence-corrected chi connectivity index (χ3v) is 4.47. The highest BCUT2D eigenvalue weighted by Crippen LogP contribution is 2.22. The molecule has 1 aromatic carbocycles. The van der Waals surface area contributed by atoms with Crippen LogP contribution in [0.15, 0.2) is 59.8 Å². The largest absolute Gasteiger partial charge is 0.331 e.